The molecule has 0 bridgehead atoms. The minimum Gasteiger partial charge on any atom is -0.494 e. The second-order valence-corrected chi connectivity index (χ2v) is 9.16. The Morgan fingerprint density at radius 1 is 1.03 bits per heavy atom. The highest BCUT2D eigenvalue weighted by molar-refractivity contribution is 5.76. The molecular weight excluding hydrogens is 422 g/mol. The molecule has 0 radical (unpaired) electrons. The molecule has 3 rings (SSSR count). The van der Waals surface area contributed by atoms with Crippen LogP contribution in [0.5, 0.6) is 5.75 Å². The number of amides is 1. The summed E-state index contributed by atoms with van der Waals surface area (Å²) >= 11 is 0. The lowest BCUT2D eigenvalue weighted by molar-refractivity contribution is -0.121. The fourth-order valence-electron chi connectivity index (χ4n) is 4.23. The molecule has 1 aromatic heterocycles. The number of carbonyl (C=O) groups excluding carboxylic acids is 1. The monoisotopic (exact) mass is 463 g/mol. The van der Waals surface area contributed by atoms with E-state index in [1.54, 1.807) is 0 Å². The van der Waals surface area contributed by atoms with Crippen molar-refractivity contribution in [2.75, 3.05) is 13.2 Å². The molecule has 0 spiro atoms. The maximum Gasteiger partial charge on any atom is 0.219 e. The Hall–Kier alpha value is -2.82. The van der Waals surface area contributed by atoms with Crippen molar-refractivity contribution in [3.63, 3.8) is 0 Å². The summed E-state index contributed by atoms with van der Waals surface area (Å²) in [6.07, 6.45) is 7.74. The van der Waals surface area contributed by atoms with E-state index in [1.165, 1.54) is 11.1 Å². The third kappa shape index (κ3) is 7.61. The van der Waals surface area contributed by atoms with Gasteiger partial charge in [0.1, 0.15) is 11.6 Å². The van der Waals surface area contributed by atoms with Crippen LogP contribution in [0.1, 0.15) is 83.0 Å². The predicted molar refractivity (Wildman–Crippen MR) is 140 cm³/mol. The fraction of sp³-hybridized carbons (Fsp3) is 0.517. The van der Waals surface area contributed by atoms with Gasteiger partial charge in [-0.2, -0.15) is 0 Å². The zero-order valence-electron chi connectivity index (χ0n) is 21.2. The van der Waals surface area contributed by atoms with Crippen molar-refractivity contribution in [1.82, 2.24) is 14.9 Å². The number of benzene rings is 2. The van der Waals surface area contributed by atoms with Gasteiger partial charge in [0, 0.05) is 25.9 Å². The van der Waals surface area contributed by atoms with Gasteiger partial charge in [-0.1, -0.05) is 51.5 Å². The lowest BCUT2D eigenvalue weighted by atomic mass is 9.99. The molecular formula is C29H41N3O2. The summed E-state index contributed by atoms with van der Waals surface area (Å²) in [6, 6.07) is 16.9. The maximum atomic E-state index is 11.6. The van der Waals surface area contributed by atoms with Crippen molar-refractivity contribution in [2.45, 2.75) is 84.6 Å². The number of unbranched alkanes of at least 4 members (excludes halogenated alkanes) is 2. The summed E-state index contributed by atoms with van der Waals surface area (Å²) in [5, 5.41) is 3.00. The zero-order valence-corrected chi connectivity index (χ0v) is 21.2. The molecule has 184 valence electrons. The van der Waals surface area contributed by atoms with Gasteiger partial charge in [-0.3, -0.25) is 4.79 Å². The van der Waals surface area contributed by atoms with Crippen LogP contribution in [0, 0.1) is 0 Å². The standard InChI is InChI=1S/C29H41N3O2/c1-4-12-29(33)30-20-10-6-7-15-28-31-26-13-8-9-14-27(26)32(28)21-11-22-34-25-18-16-24(17-19-25)23(3)5-2/h8-9,13-14,16-19,23H,4-7,10-12,15,20-22H2,1-3H3,(H,30,33). The molecule has 1 atom stereocenters. The topological polar surface area (TPSA) is 56.2 Å². The largest absolute Gasteiger partial charge is 0.494 e. The van der Waals surface area contributed by atoms with Gasteiger partial charge in [-0.05, 0) is 67.9 Å². The van der Waals surface area contributed by atoms with E-state index in [4.69, 9.17) is 9.72 Å². The summed E-state index contributed by atoms with van der Waals surface area (Å²) in [6.45, 7) is 8.86. The molecule has 1 unspecified atom stereocenters. The highest BCUT2D eigenvalue weighted by atomic mass is 16.5. The first-order chi connectivity index (χ1) is 16.6. The van der Waals surface area contributed by atoms with Crippen LogP contribution in [0.4, 0.5) is 0 Å². The van der Waals surface area contributed by atoms with Crippen LogP contribution >= 0.6 is 0 Å². The lowest BCUT2D eigenvalue weighted by Crippen LogP contribution is -2.23. The van der Waals surface area contributed by atoms with Crippen LogP contribution in [0.25, 0.3) is 11.0 Å². The molecule has 0 saturated heterocycles. The van der Waals surface area contributed by atoms with Crippen LogP contribution in [-0.2, 0) is 17.8 Å². The van der Waals surface area contributed by atoms with Crippen molar-refractivity contribution in [2.24, 2.45) is 0 Å². The summed E-state index contributed by atoms with van der Waals surface area (Å²) in [7, 11) is 0. The van der Waals surface area contributed by atoms with Gasteiger partial charge < -0.3 is 14.6 Å². The van der Waals surface area contributed by atoms with Gasteiger partial charge in [0.25, 0.3) is 0 Å². The van der Waals surface area contributed by atoms with Gasteiger partial charge in [-0.15, -0.1) is 0 Å². The number of hydrogen-bond donors (Lipinski definition) is 1. The Morgan fingerprint density at radius 2 is 1.82 bits per heavy atom. The van der Waals surface area contributed by atoms with Crippen LogP contribution < -0.4 is 10.1 Å². The first kappa shape index (κ1) is 25.8. The quantitative estimate of drug-likeness (QED) is 0.257. The third-order valence-electron chi connectivity index (χ3n) is 6.47. The zero-order chi connectivity index (χ0) is 24.2. The summed E-state index contributed by atoms with van der Waals surface area (Å²) in [5.41, 5.74) is 3.63. The second kappa shape index (κ2) is 13.8. The molecule has 34 heavy (non-hydrogen) atoms. The molecule has 5 heteroatoms. The normalized spacial score (nSPS) is 12.1. The maximum absolute atomic E-state index is 11.6. The van der Waals surface area contributed by atoms with Crippen molar-refractivity contribution in [3.05, 3.63) is 59.9 Å². The number of nitrogens with one attached hydrogen (secondary N) is 1. The summed E-state index contributed by atoms with van der Waals surface area (Å²) in [5.74, 6) is 2.84. The van der Waals surface area contributed by atoms with Gasteiger partial charge >= 0.3 is 0 Å². The Kier molecular flexibility index (Phi) is 10.5. The highest BCUT2D eigenvalue weighted by Gasteiger charge is 2.10. The minimum absolute atomic E-state index is 0.165. The number of imidazole rings is 1. The Morgan fingerprint density at radius 3 is 2.59 bits per heavy atom. The molecule has 1 N–H and O–H groups in total. The van der Waals surface area contributed by atoms with E-state index in [0.29, 0.717) is 18.9 Å². The number of rotatable bonds is 15. The van der Waals surface area contributed by atoms with Gasteiger partial charge in [0.05, 0.1) is 17.6 Å². The van der Waals surface area contributed by atoms with Crippen LogP contribution in [0.3, 0.4) is 0 Å². The number of aromatic nitrogens is 2. The van der Waals surface area contributed by atoms with Crippen molar-refractivity contribution in [1.29, 1.82) is 0 Å². The number of fused-ring (bicyclic) bond motifs is 1. The summed E-state index contributed by atoms with van der Waals surface area (Å²) in [4.78, 5) is 16.5. The molecule has 0 fully saturated rings. The van der Waals surface area contributed by atoms with E-state index in [0.717, 1.165) is 75.1 Å². The Labute approximate surface area is 204 Å². The van der Waals surface area contributed by atoms with E-state index in [2.05, 4.69) is 72.3 Å². The van der Waals surface area contributed by atoms with E-state index >= 15 is 0 Å². The molecule has 0 saturated carbocycles. The van der Waals surface area contributed by atoms with E-state index in [1.807, 2.05) is 6.92 Å². The molecule has 0 aliphatic rings. The molecule has 1 heterocycles. The van der Waals surface area contributed by atoms with Gasteiger partial charge in [-0.25, -0.2) is 4.98 Å². The number of ether oxygens (including phenoxy) is 1. The van der Waals surface area contributed by atoms with Crippen molar-refractivity contribution in [3.8, 4) is 5.75 Å². The number of hydrogen-bond acceptors (Lipinski definition) is 3. The van der Waals surface area contributed by atoms with Crippen LogP contribution in [0.15, 0.2) is 48.5 Å². The molecule has 0 aliphatic carbocycles. The smallest absolute Gasteiger partial charge is 0.219 e. The number of aryl methyl sites for hydroxylation is 2. The van der Waals surface area contributed by atoms with Gasteiger partial charge in [0.2, 0.25) is 5.91 Å². The fourth-order valence-corrected chi connectivity index (χ4v) is 4.23. The van der Waals surface area contributed by atoms with E-state index in [-0.39, 0.29) is 5.91 Å². The molecule has 1 amide bonds. The molecule has 0 aliphatic heterocycles. The highest BCUT2D eigenvalue weighted by Crippen LogP contribution is 2.22. The number of para-hydroxylation sites is 2. The molecule has 5 nitrogen and oxygen atoms in total. The average Bonchev–Trinajstić information content (AvgIpc) is 3.21. The number of nitrogens with zero attached hydrogens (tertiary/aromatic N) is 2. The van der Waals surface area contributed by atoms with E-state index < -0.39 is 0 Å². The lowest BCUT2D eigenvalue weighted by Gasteiger charge is -2.12. The summed E-state index contributed by atoms with van der Waals surface area (Å²) < 4.78 is 8.37. The van der Waals surface area contributed by atoms with Crippen molar-refractivity contribution >= 4 is 16.9 Å². The molecule has 2 aromatic carbocycles. The Balaban J connectivity index is 1.48. The average molecular weight is 464 g/mol. The predicted octanol–water partition coefficient (Wildman–Crippen LogP) is 6.65. The minimum atomic E-state index is 0.165. The van der Waals surface area contributed by atoms with Crippen LogP contribution in [-0.4, -0.2) is 28.6 Å². The second-order valence-electron chi connectivity index (χ2n) is 9.16. The first-order valence-corrected chi connectivity index (χ1v) is 13.1. The molecule has 3 aromatic rings. The van der Waals surface area contributed by atoms with Gasteiger partial charge in [0.15, 0.2) is 0 Å². The first-order valence-electron chi connectivity index (χ1n) is 13.1. The van der Waals surface area contributed by atoms with Crippen LogP contribution in [0.2, 0.25) is 0 Å². The Bertz CT molecular complexity index is 1010. The SMILES string of the molecule is CCCC(=O)NCCCCCc1nc2ccccc2n1CCCOc1ccc(C(C)CC)cc1. The number of carbonyl (C=O) groups is 1. The van der Waals surface area contributed by atoms with Crippen molar-refractivity contribution < 1.29 is 9.53 Å². The third-order valence-corrected chi connectivity index (χ3v) is 6.47. The van der Waals surface area contributed by atoms with E-state index in [9.17, 15) is 4.79 Å².